The molecule has 0 heterocycles. The van der Waals surface area contributed by atoms with Crippen LogP contribution in [0.1, 0.15) is 0 Å². The summed E-state index contributed by atoms with van der Waals surface area (Å²) in [5, 5.41) is 0.633. The van der Waals surface area contributed by atoms with Crippen LogP contribution in [0.25, 0.3) is 0 Å². The van der Waals surface area contributed by atoms with Gasteiger partial charge in [0.15, 0.2) is 6.07 Å². The van der Waals surface area contributed by atoms with Crippen molar-refractivity contribution in [2.75, 3.05) is 6.07 Å². The standard InChI is InChI=1S/C7H5BrCl2O/c8-6-2-1-5(10)3-7(6)11-4-9/h1-3H,4H2. The number of halogens is 3. The normalized spacial score (nSPS) is 9.73. The molecule has 1 aromatic carbocycles. The molecule has 0 aliphatic rings. The van der Waals surface area contributed by atoms with Crippen molar-refractivity contribution in [1.29, 1.82) is 0 Å². The smallest absolute Gasteiger partial charge is 0.162 e. The van der Waals surface area contributed by atoms with Crippen LogP contribution in [0, 0.1) is 0 Å². The number of ether oxygens (including phenoxy) is 1. The van der Waals surface area contributed by atoms with Crippen LogP contribution < -0.4 is 4.74 Å². The molecule has 0 unspecified atom stereocenters. The molecule has 0 aliphatic heterocycles. The van der Waals surface area contributed by atoms with Crippen LogP contribution in [0.3, 0.4) is 0 Å². The SMILES string of the molecule is ClCOc1cc(Cl)ccc1Br. The van der Waals surface area contributed by atoms with Gasteiger partial charge in [0, 0.05) is 5.02 Å². The van der Waals surface area contributed by atoms with Gasteiger partial charge in [0.25, 0.3) is 0 Å². The Labute approximate surface area is 83.4 Å². The fourth-order valence-electron chi connectivity index (χ4n) is 0.647. The lowest BCUT2D eigenvalue weighted by atomic mass is 10.3. The predicted molar refractivity (Wildman–Crippen MR) is 50.5 cm³/mol. The van der Waals surface area contributed by atoms with E-state index in [1.54, 1.807) is 12.1 Å². The van der Waals surface area contributed by atoms with Gasteiger partial charge in [0.2, 0.25) is 0 Å². The van der Waals surface area contributed by atoms with Gasteiger partial charge >= 0.3 is 0 Å². The Balaban J connectivity index is 2.93. The Kier molecular flexibility index (Phi) is 3.49. The summed E-state index contributed by atoms with van der Waals surface area (Å²) in [6.07, 6.45) is 0. The summed E-state index contributed by atoms with van der Waals surface area (Å²) in [5.74, 6) is 0.660. The van der Waals surface area contributed by atoms with Gasteiger partial charge in [0.05, 0.1) is 4.47 Å². The molecule has 0 amide bonds. The first kappa shape index (κ1) is 9.17. The van der Waals surface area contributed by atoms with E-state index in [9.17, 15) is 0 Å². The van der Waals surface area contributed by atoms with Crippen molar-refractivity contribution >= 4 is 39.1 Å². The molecular weight excluding hydrogens is 251 g/mol. The Morgan fingerprint density at radius 1 is 1.45 bits per heavy atom. The van der Waals surface area contributed by atoms with E-state index in [4.69, 9.17) is 27.9 Å². The first-order valence-corrected chi connectivity index (χ1v) is 4.58. The number of benzene rings is 1. The van der Waals surface area contributed by atoms with Gasteiger partial charge in [-0.1, -0.05) is 23.2 Å². The van der Waals surface area contributed by atoms with E-state index in [0.717, 1.165) is 4.47 Å². The highest BCUT2D eigenvalue weighted by Gasteiger charge is 1.99. The molecule has 0 radical (unpaired) electrons. The van der Waals surface area contributed by atoms with Crippen LogP contribution in [0.5, 0.6) is 5.75 Å². The zero-order valence-corrected chi connectivity index (χ0v) is 8.58. The van der Waals surface area contributed by atoms with Crippen molar-refractivity contribution in [2.45, 2.75) is 0 Å². The van der Waals surface area contributed by atoms with Gasteiger partial charge < -0.3 is 4.74 Å². The highest BCUT2D eigenvalue weighted by molar-refractivity contribution is 9.10. The van der Waals surface area contributed by atoms with E-state index in [1.807, 2.05) is 6.07 Å². The minimum Gasteiger partial charge on any atom is -0.477 e. The fraction of sp³-hybridized carbons (Fsp3) is 0.143. The van der Waals surface area contributed by atoms with Gasteiger partial charge in [-0.25, -0.2) is 0 Å². The lowest BCUT2D eigenvalue weighted by molar-refractivity contribution is 0.385. The molecule has 1 rings (SSSR count). The molecule has 1 nitrogen and oxygen atoms in total. The Morgan fingerprint density at radius 3 is 2.82 bits per heavy atom. The summed E-state index contributed by atoms with van der Waals surface area (Å²) >= 11 is 14.4. The van der Waals surface area contributed by atoms with Crippen LogP contribution >= 0.6 is 39.1 Å². The summed E-state index contributed by atoms with van der Waals surface area (Å²) < 4.78 is 5.90. The summed E-state index contributed by atoms with van der Waals surface area (Å²) in [4.78, 5) is 0. The number of rotatable bonds is 2. The Hall–Kier alpha value is 0.0800. The number of alkyl halides is 1. The molecule has 0 saturated heterocycles. The van der Waals surface area contributed by atoms with Gasteiger partial charge in [-0.15, -0.1) is 0 Å². The van der Waals surface area contributed by atoms with E-state index in [1.165, 1.54) is 0 Å². The fourth-order valence-corrected chi connectivity index (χ4v) is 1.29. The molecule has 0 fully saturated rings. The molecule has 0 saturated carbocycles. The lowest BCUT2D eigenvalue weighted by Crippen LogP contribution is -1.89. The van der Waals surface area contributed by atoms with Crippen LogP contribution in [-0.4, -0.2) is 6.07 Å². The van der Waals surface area contributed by atoms with Crippen molar-refractivity contribution in [3.05, 3.63) is 27.7 Å². The third-order valence-electron chi connectivity index (χ3n) is 1.10. The molecule has 0 spiro atoms. The minimum absolute atomic E-state index is 0.124. The molecule has 0 aliphatic carbocycles. The number of hydrogen-bond acceptors (Lipinski definition) is 1. The second-order valence-corrected chi connectivity index (χ2v) is 3.34. The summed E-state index contributed by atoms with van der Waals surface area (Å²) in [6, 6.07) is 5.41. The number of hydrogen-bond donors (Lipinski definition) is 0. The summed E-state index contributed by atoms with van der Waals surface area (Å²) in [6.45, 7) is 0. The zero-order valence-electron chi connectivity index (χ0n) is 5.48. The third-order valence-corrected chi connectivity index (χ3v) is 2.10. The van der Waals surface area contributed by atoms with Gasteiger partial charge in [-0.3, -0.25) is 0 Å². The van der Waals surface area contributed by atoms with E-state index < -0.39 is 0 Å². The average molecular weight is 256 g/mol. The second-order valence-electron chi connectivity index (χ2n) is 1.83. The predicted octanol–water partition coefficient (Wildman–Crippen LogP) is 3.68. The molecule has 11 heavy (non-hydrogen) atoms. The third kappa shape index (κ3) is 2.55. The molecule has 60 valence electrons. The first-order valence-electron chi connectivity index (χ1n) is 2.88. The van der Waals surface area contributed by atoms with Crippen molar-refractivity contribution < 1.29 is 4.74 Å². The molecule has 0 N–H and O–H groups in total. The molecule has 4 heteroatoms. The molecule has 0 aromatic heterocycles. The maximum Gasteiger partial charge on any atom is 0.162 e. The van der Waals surface area contributed by atoms with E-state index in [0.29, 0.717) is 10.8 Å². The van der Waals surface area contributed by atoms with Crippen molar-refractivity contribution in [3.8, 4) is 5.75 Å². The lowest BCUT2D eigenvalue weighted by Gasteiger charge is -2.03. The van der Waals surface area contributed by atoms with Crippen LogP contribution in [0.15, 0.2) is 22.7 Å². The largest absolute Gasteiger partial charge is 0.477 e. The van der Waals surface area contributed by atoms with Crippen molar-refractivity contribution in [1.82, 2.24) is 0 Å². The quantitative estimate of drug-likeness (QED) is 0.733. The van der Waals surface area contributed by atoms with Crippen LogP contribution in [-0.2, 0) is 0 Å². The molecule has 0 atom stereocenters. The van der Waals surface area contributed by atoms with E-state index in [-0.39, 0.29) is 6.07 Å². The van der Waals surface area contributed by atoms with Gasteiger partial charge in [-0.05, 0) is 34.1 Å². The Morgan fingerprint density at radius 2 is 2.18 bits per heavy atom. The Bertz CT molecular complexity index is 252. The van der Waals surface area contributed by atoms with Crippen molar-refractivity contribution in [3.63, 3.8) is 0 Å². The van der Waals surface area contributed by atoms with E-state index >= 15 is 0 Å². The average Bonchev–Trinajstić information content (AvgIpc) is 1.98. The summed E-state index contributed by atoms with van der Waals surface area (Å²) in [7, 11) is 0. The topological polar surface area (TPSA) is 9.23 Å². The highest BCUT2D eigenvalue weighted by Crippen LogP contribution is 2.28. The maximum atomic E-state index is 5.71. The first-order chi connectivity index (χ1) is 5.24. The maximum absolute atomic E-state index is 5.71. The monoisotopic (exact) mass is 254 g/mol. The molecule has 0 bridgehead atoms. The van der Waals surface area contributed by atoms with Crippen LogP contribution in [0.4, 0.5) is 0 Å². The summed E-state index contributed by atoms with van der Waals surface area (Å²) in [5.41, 5.74) is 0. The van der Waals surface area contributed by atoms with Gasteiger partial charge in [0.1, 0.15) is 5.75 Å². The van der Waals surface area contributed by atoms with Gasteiger partial charge in [-0.2, -0.15) is 0 Å². The highest BCUT2D eigenvalue weighted by atomic mass is 79.9. The molecular formula is C7H5BrCl2O. The molecule has 1 aromatic rings. The van der Waals surface area contributed by atoms with Crippen molar-refractivity contribution in [2.24, 2.45) is 0 Å². The zero-order chi connectivity index (χ0) is 8.27. The van der Waals surface area contributed by atoms with Crippen LogP contribution in [0.2, 0.25) is 5.02 Å². The second kappa shape index (κ2) is 4.19. The minimum atomic E-state index is 0.124. The van der Waals surface area contributed by atoms with E-state index in [2.05, 4.69) is 15.9 Å².